The van der Waals surface area contributed by atoms with E-state index in [4.69, 9.17) is 24.1 Å². The predicted molar refractivity (Wildman–Crippen MR) is 180 cm³/mol. The van der Waals surface area contributed by atoms with Gasteiger partial charge in [0.25, 0.3) is 0 Å². The highest BCUT2D eigenvalue weighted by Gasteiger charge is 2.33. The molecule has 0 bridgehead atoms. The Hall–Kier alpha value is -5.85. The lowest BCUT2D eigenvalue weighted by Crippen LogP contribution is -2.52. The number of benzene rings is 2. The van der Waals surface area contributed by atoms with Crippen LogP contribution in [0.5, 0.6) is 17.5 Å². The van der Waals surface area contributed by atoms with Gasteiger partial charge in [-0.25, -0.2) is 18.8 Å². The first-order valence-corrected chi connectivity index (χ1v) is 15.7. The lowest BCUT2D eigenvalue weighted by Gasteiger charge is -2.40. The number of nitrogens with one attached hydrogen (secondary N) is 2. The van der Waals surface area contributed by atoms with Crippen molar-refractivity contribution in [3.8, 4) is 23.6 Å². The number of nitrogens with zero attached hydrogens (tertiary/aromatic N) is 5. The van der Waals surface area contributed by atoms with E-state index < -0.39 is 41.8 Å². The molecule has 0 saturated carbocycles. The standard InChI is InChI=1S/C34H38FN7O8/c1-33(2,3)49-31(45)37-14-19-15-42(16-19)29-26-23-10-20(35)11-24(41(7)32(46)50-34(4,5)6)27(23)38-28(26)39-30(40-29)48-22-9-18(13-36)8-21(12-22)47-17-25(43)44/h8-12,19H,14-17H2,1-7H3,(H,37,45)(H,43,44)(H,38,39,40). The van der Waals surface area contributed by atoms with Crippen LogP contribution in [-0.2, 0) is 14.3 Å². The van der Waals surface area contributed by atoms with Crippen molar-refractivity contribution in [3.05, 3.63) is 41.7 Å². The van der Waals surface area contributed by atoms with E-state index in [1.54, 1.807) is 41.5 Å². The van der Waals surface area contributed by atoms with Gasteiger partial charge >= 0.3 is 24.2 Å². The van der Waals surface area contributed by atoms with E-state index in [9.17, 15) is 19.6 Å². The fourth-order valence-corrected chi connectivity index (χ4v) is 5.22. The van der Waals surface area contributed by atoms with Gasteiger partial charge in [0.05, 0.1) is 28.2 Å². The minimum atomic E-state index is -1.20. The van der Waals surface area contributed by atoms with Crippen LogP contribution in [0.3, 0.4) is 0 Å². The fraction of sp³-hybridized carbons (Fsp3) is 0.412. The number of carbonyl (C=O) groups is 3. The van der Waals surface area contributed by atoms with Gasteiger partial charge in [0.2, 0.25) is 0 Å². The number of nitriles is 1. The van der Waals surface area contributed by atoms with E-state index in [2.05, 4.69) is 20.3 Å². The summed E-state index contributed by atoms with van der Waals surface area (Å²) in [6.45, 7) is 11.1. The Bertz CT molecular complexity index is 2010. The number of aromatic nitrogens is 3. The van der Waals surface area contributed by atoms with Gasteiger partial charge in [-0.2, -0.15) is 15.2 Å². The van der Waals surface area contributed by atoms with Crippen LogP contribution >= 0.6 is 0 Å². The molecule has 1 aliphatic heterocycles. The van der Waals surface area contributed by atoms with E-state index in [1.165, 1.54) is 42.3 Å². The van der Waals surface area contributed by atoms with Crippen molar-refractivity contribution in [1.82, 2.24) is 20.3 Å². The lowest BCUT2D eigenvalue weighted by atomic mass is 9.99. The second kappa shape index (κ2) is 13.6. The van der Waals surface area contributed by atoms with Crippen molar-refractivity contribution in [2.75, 3.05) is 43.1 Å². The molecule has 0 radical (unpaired) electrons. The molecule has 5 rings (SSSR count). The Balaban J connectivity index is 1.54. The Morgan fingerprint density at radius 2 is 1.74 bits per heavy atom. The van der Waals surface area contributed by atoms with Crippen LogP contribution in [0.15, 0.2) is 30.3 Å². The second-order valence-electron chi connectivity index (χ2n) is 13.8. The zero-order valence-corrected chi connectivity index (χ0v) is 28.7. The second-order valence-corrected chi connectivity index (χ2v) is 13.8. The molecule has 264 valence electrons. The van der Waals surface area contributed by atoms with Crippen LogP contribution in [0.4, 0.5) is 25.5 Å². The van der Waals surface area contributed by atoms with E-state index in [-0.39, 0.29) is 40.3 Å². The molecule has 15 nitrogen and oxygen atoms in total. The number of carboxylic acids is 1. The van der Waals surface area contributed by atoms with E-state index in [1.807, 2.05) is 11.0 Å². The number of aliphatic carboxylic acids is 1. The number of hydrogen-bond donors (Lipinski definition) is 3. The number of halogens is 1. The number of hydrogen-bond acceptors (Lipinski definition) is 11. The molecule has 0 spiro atoms. The molecular formula is C34H38FN7O8. The number of carbonyl (C=O) groups excluding carboxylic acids is 2. The summed E-state index contributed by atoms with van der Waals surface area (Å²) in [7, 11) is 1.47. The van der Waals surface area contributed by atoms with E-state index >= 15 is 4.39 Å². The van der Waals surface area contributed by atoms with Crippen LogP contribution < -0.4 is 24.6 Å². The SMILES string of the molecule is CN(C(=O)OC(C)(C)C)c1cc(F)cc2c1[nH]c1nc(Oc3cc(C#N)cc(OCC(=O)O)c3)nc(N3CC(CNC(=O)OC(C)(C)C)C3)c12. The van der Waals surface area contributed by atoms with Crippen LogP contribution in [0, 0.1) is 23.1 Å². The lowest BCUT2D eigenvalue weighted by molar-refractivity contribution is -0.139. The van der Waals surface area contributed by atoms with E-state index in [0.29, 0.717) is 41.7 Å². The molecule has 1 aliphatic rings. The van der Waals surface area contributed by atoms with Crippen LogP contribution in [0.2, 0.25) is 0 Å². The number of carboxylic acid groups (broad SMARTS) is 1. The van der Waals surface area contributed by atoms with Crippen molar-refractivity contribution in [2.24, 2.45) is 5.92 Å². The van der Waals surface area contributed by atoms with Crippen LogP contribution in [0.1, 0.15) is 47.1 Å². The number of aromatic amines is 1. The molecule has 1 saturated heterocycles. The van der Waals surface area contributed by atoms with Crippen molar-refractivity contribution >= 4 is 51.6 Å². The highest BCUT2D eigenvalue weighted by molar-refractivity contribution is 6.16. The summed E-state index contributed by atoms with van der Waals surface area (Å²) in [6.07, 6.45) is -1.23. The summed E-state index contributed by atoms with van der Waals surface area (Å²) >= 11 is 0. The first kappa shape index (κ1) is 35.5. The normalized spacial score (nSPS) is 13.4. The number of fused-ring (bicyclic) bond motifs is 3. The number of rotatable bonds is 9. The number of ether oxygens (including phenoxy) is 4. The average Bonchev–Trinajstić information content (AvgIpc) is 3.34. The summed E-state index contributed by atoms with van der Waals surface area (Å²) in [5.74, 6) is -1.20. The van der Waals surface area contributed by atoms with Gasteiger partial charge in [-0.1, -0.05) is 0 Å². The summed E-state index contributed by atoms with van der Waals surface area (Å²) in [5, 5.41) is 22.2. The minimum absolute atomic E-state index is 0.0361. The number of anilines is 2. The molecule has 50 heavy (non-hydrogen) atoms. The highest BCUT2D eigenvalue weighted by Crippen LogP contribution is 2.40. The Morgan fingerprint density at radius 3 is 2.38 bits per heavy atom. The molecule has 16 heteroatoms. The Kier molecular flexibility index (Phi) is 9.63. The third kappa shape index (κ3) is 8.41. The minimum Gasteiger partial charge on any atom is -0.482 e. The first-order chi connectivity index (χ1) is 23.4. The molecule has 2 amide bonds. The van der Waals surface area contributed by atoms with Gasteiger partial charge in [0.1, 0.15) is 40.0 Å². The molecule has 4 aromatic rings. The molecule has 1 fully saturated rings. The summed E-state index contributed by atoms with van der Waals surface area (Å²) in [6, 6.07) is 8.54. The molecule has 2 aromatic carbocycles. The van der Waals surface area contributed by atoms with Gasteiger partial charge in [-0.15, -0.1) is 0 Å². The largest absolute Gasteiger partial charge is 0.482 e. The van der Waals surface area contributed by atoms with Crippen molar-refractivity contribution in [1.29, 1.82) is 5.26 Å². The zero-order valence-electron chi connectivity index (χ0n) is 28.7. The highest BCUT2D eigenvalue weighted by atomic mass is 19.1. The molecule has 2 aromatic heterocycles. The van der Waals surface area contributed by atoms with Gasteiger partial charge in [0.15, 0.2) is 6.61 Å². The maximum atomic E-state index is 15.2. The summed E-state index contributed by atoms with van der Waals surface area (Å²) in [4.78, 5) is 51.8. The average molecular weight is 692 g/mol. The van der Waals surface area contributed by atoms with E-state index in [0.717, 1.165) is 0 Å². The van der Waals surface area contributed by atoms with Crippen LogP contribution in [0.25, 0.3) is 21.9 Å². The number of amides is 2. The smallest absolute Gasteiger partial charge is 0.414 e. The first-order valence-electron chi connectivity index (χ1n) is 15.7. The number of H-pyrrole nitrogens is 1. The van der Waals surface area contributed by atoms with Gasteiger partial charge in [-0.05, 0) is 65.8 Å². The number of alkyl carbamates (subject to hydrolysis) is 1. The molecule has 3 N–H and O–H groups in total. The quantitative estimate of drug-likeness (QED) is 0.194. The van der Waals surface area contributed by atoms with Crippen molar-refractivity contribution in [3.63, 3.8) is 0 Å². The van der Waals surface area contributed by atoms with Crippen molar-refractivity contribution in [2.45, 2.75) is 52.7 Å². The molecule has 0 atom stereocenters. The Morgan fingerprint density at radius 1 is 1.06 bits per heavy atom. The third-order valence-electron chi connectivity index (χ3n) is 7.26. The maximum absolute atomic E-state index is 15.2. The molecule has 0 unspecified atom stereocenters. The monoisotopic (exact) mass is 691 g/mol. The summed E-state index contributed by atoms with van der Waals surface area (Å²) < 4.78 is 37.4. The fourth-order valence-electron chi connectivity index (χ4n) is 5.22. The molecular weight excluding hydrogens is 653 g/mol. The Labute approximate surface area is 286 Å². The predicted octanol–water partition coefficient (Wildman–Crippen LogP) is 5.71. The van der Waals surface area contributed by atoms with Crippen LogP contribution in [-0.4, -0.2) is 82.7 Å². The zero-order chi connectivity index (χ0) is 36.5. The molecule has 3 heterocycles. The maximum Gasteiger partial charge on any atom is 0.414 e. The topological polar surface area (TPSA) is 192 Å². The third-order valence-corrected chi connectivity index (χ3v) is 7.26. The van der Waals surface area contributed by atoms with Gasteiger partial charge in [0, 0.05) is 44.1 Å². The van der Waals surface area contributed by atoms with Gasteiger partial charge in [-0.3, -0.25) is 4.90 Å². The van der Waals surface area contributed by atoms with Gasteiger partial charge < -0.3 is 39.3 Å². The van der Waals surface area contributed by atoms with Crippen molar-refractivity contribution < 1.29 is 42.8 Å². The summed E-state index contributed by atoms with van der Waals surface area (Å²) in [5.41, 5.74) is -0.443. The molecule has 0 aliphatic carbocycles.